The molecule has 0 saturated carbocycles. The molecule has 1 N–H and O–H groups in total. The number of hydrogen-bond acceptors (Lipinski definition) is 4. The Kier molecular flexibility index (Phi) is 6.53. The predicted octanol–water partition coefficient (Wildman–Crippen LogP) is 2.03. The van der Waals surface area contributed by atoms with Crippen molar-refractivity contribution in [2.45, 2.75) is 19.3 Å². The zero-order valence-corrected chi connectivity index (χ0v) is 11.1. The third-order valence-corrected chi connectivity index (χ3v) is 2.43. The molecule has 19 heavy (non-hydrogen) atoms. The lowest BCUT2D eigenvalue weighted by molar-refractivity contribution is 0.194. The highest BCUT2D eigenvalue weighted by Crippen LogP contribution is 2.19. The molecule has 0 fully saturated rings. The summed E-state index contributed by atoms with van der Waals surface area (Å²) in [6, 6.07) is 0. The maximum atomic E-state index is 8.84. The van der Waals surface area contributed by atoms with Gasteiger partial charge in [-0.05, 0) is 0 Å². The van der Waals surface area contributed by atoms with Gasteiger partial charge in [0.25, 0.3) is 0 Å². The molecule has 1 rings (SSSR count). The van der Waals surface area contributed by atoms with E-state index in [9.17, 15) is 0 Å². The lowest BCUT2D eigenvalue weighted by Crippen LogP contribution is -2.11. The van der Waals surface area contributed by atoms with E-state index in [0.29, 0.717) is 25.1 Å². The molecule has 0 spiro atoms. The Hall–Kier alpha value is -1.94. The number of aliphatic hydroxyl groups is 1. The fourth-order valence-corrected chi connectivity index (χ4v) is 1.65. The minimum Gasteiger partial charge on any atom is -0.474 e. The Labute approximate surface area is 114 Å². The van der Waals surface area contributed by atoms with Gasteiger partial charge < -0.3 is 9.84 Å². The zero-order chi connectivity index (χ0) is 14.1. The summed E-state index contributed by atoms with van der Waals surface area (Å²) >= 11 is 0. The summed E-state index contributed by atoms with van der Waals surface area (Å²) in [6.07, 6.45) is 7.18. The summed E-state index contributed by atoms with van der Waals surface area (Å²) in [5.41, 5.74) is 2.44. The standard InChI is InChI=1S/C15H20N2O2/c1-4-7-12-13(8-5-2)17-15(19-11-10-18)14(16-12)9-6-3/h4-6,18H,1-3,7-11H2. The normalized spacial score (nSPS) is 9.95. The molecule has 0 unspecified atom stereocenters. The second-order valence-electron chi connectivity index (χ2n) is 3.92. The maximum absolute atomic E-state index is 8.84. The molecule has 4 nitrogen and oxygen atoms in total. The van der Waals surface area contributed by atoms with E-state index in [0.717, 1.165) is 17.1 Å². The SMILES string of the molecule is C=CCc1nc(CC=C)c(OCCO)nc1CC=C. The summed E-state index contributed by atoms with van der Waals surface area (Å²) in [7, 11) is 0. The van der Waals surface area contributed by atoms with Crippen molar-refractivity contribution in [2.75, 3.05) is 13.2 Å². The van der Waals surface area contributed by atoms with Gasteiger partial charge in [-0.25, -0.2) is 9.97 Å². The van der Waals surface area contributed by atoms with Gasteiger partial charge in [0.05, 0.1) is 18.0 Å². The number of allylic oxidation sites excluding steroid dienone is 3. The summed E-state index contributed by atoms with van der Waals surface area (Å²) in [4.78, 5) is 9.04. The van der Waals surface area contributed by atoms with Crippen LogP contribution in [-0.2, 0) is 19.3 Å². The highest BCUT2D eigenvalue weighted by molar-refractivity contribution is 5.28. The molecule has 0 aromatic carbocycles. The van der Waals surface area contributed by atoms with Crippen molar-refractivity contribution in [3.05, 3.63) is 55.0 Å². The molecule has 0 saturated heterocycles. The van der Waals surface area contributed by atoms with Crippen LogP contribution in [0.15, 0.2) is 38.0 Å². The van der Waals surface area contributed by atoms with Gasteiger partial charge in [0.15, 0.2) is 0 Å². The van der Waals surface area contributed by atoms with Crippen molar-refractivity contribution in [3.8, 4) is 5.88 Å². The highest BCUT2D eigenvalue weighted by atomic mass is 16.5. The first-order chi connectivity index (χ1) is 9.26. The molecule has 0 amide bonds. The Morgan fingerprint density at radius 1 is 0.895 bits per heavy atom. The average molecular weight is 260 g/mol. The molecular formula is C15H20N2O2. The number of aromatic nitrogens is 2. The van der Waals surface area contributed by atoms with Gasteiger partial charge >= 0.3 is 0 Å². The van der Waals surface area contributed by atoms with Crippen LogP contribution in [0.2, 0.25) is 0 Å². The molecule has 4 heteroatoms. The van der Waals surface area contributed by atoms with E-state index < -0.39 is 0 Å². The van der Waals surface area contributed by atoms with Crippen molar-refractivity contribution < 1.29 is 9.84 Å². The van der Waals surface area contributed by atoms with Crippen molar-refractivity contribution >= 4 is 0 Å². The number of aliphatic hydroxyl groups excluding tert-OH is 1. The second-order valence-corrected chi connectivity index (χ2v) is 3.92. The summed E-state index contributed by atoms with van der Waals surface area (Å²) in [6.45, 7) is 11.3. The van der Waals surface area contributed by atoms with Gasteiger partial charge in [-0.15, -0.1) is 19.7 Å². The monoisotopic (exact) mass is 260 g/mol. The Morgan fingerprint density at radius 3 is 1.95 bits per heavy atom. The third kappa shape index (κ3) is 4.34. The summed E-state index contributed by atoms with van der Waals surface area (Å²) in [5, 5.41) is 8.84. The lowest BCUT2D eigenvalue weighted by Gasteiger charge is -2.12. The van der Waals surface area contributed by atoms with E-state index in [4.69, 9.17) is 9.84 Å². The Bertz CT molecular complexity index is 456. The lowest BCUT2D eigenvalue weighted by atomic mass is 10.1. The van der Waals surface area contributed by atoms with Crippen molar-refractivity contribution in [3.63, 3.8) is 0 Å². The van der Waals surface area contributed by atoms with Gasteiger partial charge in [0.2, 0.25) is 5.88 Å². The van der Waals surface area contributed by atoms with Gasteiger partial charge in [-0.2, -0.15) is 0 Å². The first kappa shape index (κ1) is 15.1. The number of hydrogen-bond donors (Lipinski definition) is 1. The second kappa shape index (κ2) is 8.21. The first-order valence-corrected chi connectivity index (χ1v) is 6.21. The van der Waals surface area contributed by atoms with Crippen LogP contribution in [0.5, 0.6) is 5.88 Å². The van der Waals surface area contributed by atoms with Gasteiger partial charge in [0, 0.05) is 19.3 Å². The minimum atomic E-state index is -0.0551. The van der Waals surface area contributed by atoms with Crippen LogP contribution < -0.4 is 4.74 Å². The topological polar surface area (TPSA) is 55.2 Å². The number of nitrogens with zero attached hydrogens (tertiary/aromatic N) is 2. The molecule has 0 aliphatic carbocycles. The van der Waals surface area contributed by atoms with E-state index in [1.165, 1.54) is 0 Å². The Morgan fingerprint density at radius 2 is 1.42 bits per heavy atom. The molecule has 0 aliphatic rings. The van der Waals surface area contributed by atoms with Crippen LogP contribution in [0.1, 0.15) is 17.1 Å². The molecule has 0 aliphatic heterocycles. The fourth-order valence-electron chi connectivity index (χ4n) is 1.65. The molecule has 0 bridgehead atoms. The maximum Gasteiger partial charge on any atom is 0.236 e. The predicted molar refractivity (Wildman–Crippen MR) is 76.3 cm³/mol. The molecular weight excluding hydrogens is 240 g/mol. The van der Waals surface area contributed by atoms with E-state index >= 15 is 0 Å². The van der Waals surface area contributed by atoms with E-state index in [1.54, 1.807) is 18.2 Å². The molecule has 0 radical (unpaired) electrons. The quantitative estimate of drug-likeness (QED) is 0.690. The highest BCUT2D eigenvalue weighted by Gasteiger charge is 2.12. The molecule has 1 aromatic heterocycles. The molecule has 102 valence electrons. The first-order valence-electron chi connectivity index (χ1n) is 6.21. The fraction of sp³-hybridized carbons (Fsp3) is 0.333. The van der Waals surface area contributed by atoms with Crippen LogP contribution >= 0.6 is 0 Å². The number of ether oxygens (including phenoxy) is 1. The number of rotatable bonds is 9. The van der Waals surface area contributed by atoms with E-state index in [-0.39, 0.29) is 13.2 Å². The van der Waals surface area contributed by atoms with Crippen LogP contribution in [0.3, 0.4) is 0 Å². The van der Waals surface area contributed by atoms with Gasteiger partial charge in [0.1, 0.15) is 12.3 Å². The molecule has 0 atom stereocenters. The largest absolute Gasteiger partial charge is 0.474 e. The van der Waals surface area contributed by atoms with Crippen LogP contribution in [0.25, 0.3) is 0 Å². The van der Waals surface area contributed by atoms with E-state index in [1.807, 2.05) is 0 Å². The van der Waals surface area contributed by atoms with Crippen LogP contribution in [-0.4, -0.2) is 28.3 Å². The van der Waals surface area contributed by atoms with Crippen molar-refractivity contribution in [1.82, 2.24) is 9.97 Å². The smallest absolute Gasteiger partial charge is 0.236 e. The van der Waals surface area contributed by atoms with Gasteiger partial charge in [-0.1, -0.05) is 18.2 Å². The average Bonchev–Trinajstić information content (AvgIpc) is 2.40. The molecule has 1 heterocycles. The van der Waals surface area contributed by atoms with Crippen LogP contribution in [0.4, 0.5) is 0 Å². The summed E-state index contributed by atoms with van der Waals surface area (Å²) < 4.78 is 5.43. The Balaban J connectivity index is 3.17. The van der Waals surface area contributed by atoms with Crippen molar-refractivity contribution in [2.24, 2.45) is 0 Å². The van der Waals surface area contributed by atoms with E-state index in [2.05, 4.69) is 29.7 Å². The minimum absolute atomic E-state index is 0.0551. The van der Waals surface area contributed by atoms with Crippen molar-refractivity contribution in [1.29, 1.82) is 0 Å². The zero-order valence-electron chi connectivity index (χ0n) is 11.1. The third-order valence-electron chi connectivity index (χ3n) is 2.43. The van der Waals surface area contributed by atoms with Gasteiger partial charge in [-0.3, -0.25) is 0 Å². The summed E-state index contributed by atoms with van der Waals surface area (Å²) in [5.74, 6) is 0.457. The van der Waals surface area contributed by atoms with Crippen LogP contribution in [0, 0.1) is 0 Å². The molecule has 1 aromatic rings.